The lowest BCUT2D eigenvalue weighted by Gasteiger charge is -2.19. The second-order valence-electron chi connectivity index (χ2n) is 21.4. The Labute approximate surface area is 484 Å². The molecular formula is C74H123NO3. The third-order valence-corrected chi connectivity index (χ3v) is 14.0. The molecule has 3 N–H and O–H groups in total. The molecule has 0 aliphatic heterocycles. The van der Waals surface area contributed by atoms with Crippen LogP contribution in [0.1, 0.15) is 284 Å². The molecule has 0 aromatic heterocycles. The van der Waals surface area contributed by atoms with E-state index in [1.165, 1.54) is 148 Å². The van der Waals surface area contributed by atoms with Crippen LogP contribution in [-0.2, 0) is 4.79 Å². The molecule has 0 heterocycles. The van der Waals surface area contributed by atoms with E-state index >= 15 is 0 Å². The summed E-state index contributed by atoms with van der Waals surface area (Å²) < 4.78 is 0. The Bertz CT molecular complexity index is 1640. The van der Waals surface area contributed by atoms with Crippen molar-refractivity contribution in [2.45, 2.75) is 296 Å². The van der Waals surface area contributed by atoms with Crippen LogP contribution >= 0.6 is 0 Å². The highest BCUT2D eigenvalue weighted by Gasteiger charge is 2.18. The van der Waals surface area contributed by atoms with Crippen LogP contribution in [0, 0.1) is 0 Å². The molecular weight excluding hydrogens is 951 g/mol. The summed E-state index contributed by atoms with van der Waals surface area (Å²) in [6, 6.07) is -0.671. The molecule has 0 fully saturated rings. The quantitative estimate of drug-likeness (QED) is 0.0420. The minimum atomic E-state index is -0.890. The van der Waals surface area contributed by atoms with Gasteiger partial charge in [0.05, 0.1) is 18.8 Å². The summed E-state index contributed by atoms with van der Waals surface area (Å²) in [5.41, 5.74) is 0. The van der Waals surface area contributed by atoms with Gasteiger partial charge < -0.3 is 15.5 Å². The Morgan fingerprint density at radius 2 is 0.577 bits per heavy atom. The van der Waals surface area contributed by atoms with Crippen molar-refractivity contribution in [1.29, 1.82) is 0 Å². The average molecular weight is 1070 g/mol. The predicted octanol–water partition coefficient (Wildman–Crippen LogP) is 22.5. The van der Waals surface area contributed by atoms with Gasteiger partial charge in [0.25, 0.3) is 0 Å². The minimum Gasteiger partial charge on any atom is -0.394 e. The molecule has 4 heteroatoms. The van der Waals surface area contributed by atoms with Crippen molar-refractivity contribution in [1.82, 2.24) is 5.32 Å². The molecule has 0 saturated carbocycles. The topological polar surface area (TPSA) is 69.6 Å². The fraction of sp³-hybridized carbons (Fsp3) is 0.635. The Balaban J connectivity index is 3.68. The number of unbranched alkanes of at least 4 members (excludes halogenated alkanes) is 27. The number of amides is 1. The van der Waals surface area contributed by atoms with Gasteiger partial charge in [0, 0.05) is 6.42 Å². The lowest BCUT2D eigenvalue weighted by Crippen LogP contribution is -2.45. The fourth-order valence-corrected chi connectivity index (χ4v) is 9.08. The summed E-state index contributed by atoms with van der Waals surface area (Å²) in [4.78, 5) is 12.5. The maximum Gasteiger partial charge on any atom is 0.220 e. The molecule has 0 saturated heterocycles. The average Bonchev–Trinajstić information content (AvgIpc) is 3.44. The maximum atomic E-state index is 12.5. The van der Waals surface area contributed by atoms with Crippen molar-refractivity contribution in [2.75, 3.05) is 6.61 Å². The second kappa shape index (κ2) is 67.3. The number of aliphatic hydroxyl groups excluding tert-OH is 2. The van der Waals surface area contributed by atoms with Gasteiger partial charge in [0.15, 0.2) is 0 Å². The first kappa shape index (κ1) is 74.0. The highest BCUT2D eigenvalue weighted by molar-refractivity contribution is 5.76. The van der Waals surface area contributed by atoms with Crippen molar-refractivity contribution >= 4 is 5.91 Å². The van der Waals surface area contributed by atoms with Gasteiger partial charge in [0.2, 0.25) is 5.91 Å². The number of carbonyl (C=O) groups excluding carboxylic acids is 1. The van der Waals surface area contributed by atoms with E-state index in [0.717, 1.165) is 116 Å². The lowest BCUT2D eigenvalue weighted by molar-refractivity contribution is -0.123. The molecule has 78 heavy (non-hydrogen) atoms. The number of allylic oxidation sites excluding steroid dienone is 25. The van der Waals surface area contributed by atoms with E-state index in [2.05, 4.69) is 165 Å². The second-order valence-corrected chi connectivity index (χ2v) is 21.4. The summed E-state index contributed by atoms with van der Waals surface area (Å²) in [5, 5.41) is 23.2. The Hall–Kier alpha value is -3.99. The number of hydrogen-bond acceptors (Lipinski definition) is 3. The van der Waals surface area contributed by atoms with E-state index < -0.39 is 12.1 Å². The zero-order valence-corrected chi connectivity index (χ0v) is 50.9. The van der Waals surface area contributed by atoms with Crippen LogP contribution in [0.5, 0.6) is 0 Å². The van der Waals surface area contributed by atoms with E-state index in [-0.39, 0.29) is 12.5 Å². The maximum absolute atomic E-state index is 12.5. The van der Waals surface area contributed by atoms with Crippen LogP contribution in [0.4, 0.5) is 0 Å². The molecule has 0 rings (SSSR count). The summed E-state index contributed by atoms with van der Waals surface area (Å²) in [6.07, 6.45) is 107. The van der Waals surface area contributed by atoms with E-state index in [9.17, 15) is 15.0 Å². The molecule has 1 amide bonds. The van der Waals surface area contributed by atoms with Crippen molar-refractivity contribution in [3.05, 3.63) is 158 Å². The zero-order valence-electron chi connectivity index (χ0n) is 50.9. The first-order valence-corrected chi connectivity index (χ1v) is 32.7. The molecule has 0 aromatic rings. The van der Waals surface area contributed by atoms with E-state index in [0.29, 0.717) is 6.42 Å². The molecule has 0 bridgehead atoms. The molecule has 0 aliphatic rings. The van der Waals surface area contributed by atoms with Crippen LogP contribution < -0.4 is 5.32 Å². The standard InChI is InChI=1S/C74H123NO3/c1-3-5-7-9-11-13-15-17-19-21-23-25-27-29-31-33-34-35-36-37-38-39-40-42-44-46-48-50-52-54-56-58-60-62-64-66-68-70-74(78)75-72(71-76)73(77)69-67-65-63-61-59-57-55-53-51-49-47-45-43-41-32-30-28-26-24-22-20-18-16-14-12-10-8-6-4-2/h5,7,11,13,17,19,23,25,29,31,34-35,37-38,40,42,46,48,52,54,58-61,67,69,72-73,76-77H,3-4,6,8-10,12,14-16,18,20-22,24,26-28,30,32-33,36,39,41,43-45,47,49-51,53,55-57,62-66,68,70-71H2,1-2H3,(H,75,78)/b7-5-,13-11-,19-17-,25-23-,31-29-,35-34-,38-37-,42-40-,48-46-,54-52-,60-58-,61-59+,69-67+. The van der Waals surface area contributed by atoms with Gasteiger partial charge in [-0.1, -0.05) is 320 Å². The van der Waals surface area contributed by atoms with Gasteiger partial charge in [-0.25, -0.2) is 0 Å². The largest absolute Gasteiger partial charge is 0.394 e. The fourth-order valence-electron chi connectivity index (χ4n) is 9.08. The Morgan fingerprint density at radius 1 is 0.321 bits per heavy atom. The van der Waals surface area contributed by atoms with Crippen molar-refractivity contribution in [2.24, 2.45) is 0 Å². The molecule has 4 nitrogen and oxygen atoms in total. The van der Waals surface area contributed by atoms with Crippen LogP contribution in [0.15, 0.2) is 158 Å². The van der Waals surface area contributed by atoms with Gasteiger partial charge >= 0.3 is 0 Å². The number of hydrogen-bond donors (Lipinski definition) is 3. The Kier molecular flexibility index (Phi) is 63.8. The van der Waals surface area contributed by atoms with Crippen LogP contribution in [-0.4, -0.2) is 34.9 Å². The monoisotopic (exact) mass is 1070 g/mol. The number of rotatable bonds is 58. The smallest absolute Gasteiger partial charge is 0.220 e. The summed E-state index contributed by atoms with van der Waals surface area (Å²) in [7, 11) is 0. The third kappa shape index (κ3) is 62.8. The molecule has 0 radical (unpaired) electrons. The summed E-state index contributed by atoms with van der Waals surface area (Å²) >= 11 is 0. The lowest BCUT2D eigenvalue weighted by atomic mass is 10.0. The molecule has 0 aromatic carbocycles. The molecule has 0 spiro atoms. The minimum absolute atomic E-state index is 0.110. The van der Waals surface area contributed by atoms with Crippen molar-refractivity contribution in [3.8, 4) is 0 Å². The van der Waals surface area contributed by atoms with E-state index in [1.807, 2.05) is 6.08 Å². The highest BCUT2D eigenvalue weighted by Crippen LogP contribution is 2.16. The SMILES string of the molecule is CC/C=C\C/C=C\C/C=C\C/C=C\C/C=C\C/C=C\C/C=C\C/C=C\C/C=C\C/C=C\C/C=C\CCCCCC(=O)NC(CO)C(O)/C=C/CC/C=C/CCCCCCCCCCCCCCCCCCCCCCCCC. The van der Waals surface area contributed by atoms with Crippen LogP contribution in [0.2, 0.25) is 0 Å². The first-order chi connectivity index (χ1) is 38.7. The zero-order chi connectivity index (χ0) is 56.2. The summed E-state index contributed by atoms with van der Waals surface area (Å²) in [6.45, 7) is 4.18. The number of aliphatic hydroxyl groups is 2. The van der Waals surface area contributed by atoms with Gasteiger partial charge in [-0.05, 0) is 116 Å². The summed E-state index contributed by atoms with van der Waals surface area (Å²) in [5.74, 6) is -0.110. The third-order valence-electron chi connectivity index (χ3n) is 14.0. The number of carbonyl (C=O) groups is 1. The first-order valence-electron chi connectivity index (χ1n) is 32.7. The highest BCUT2D eigenvalue weighted by atomic mass is 16.3. The van der Waals surface area contributed by atoms with Crippen molar-refractivity contribution in [3.63, 3.8) is 0 Å². The molecule has 442 valence electrons. The van der Waals surface area contributed by atoms with Gasteiger partial charge in [-0.15, -0.1) is 0 Å². The Morgan fingerprint density at radius 3 is 0.897 bits per heavy atom. The normalized spacial score (nSPS) is 13.8. The van der Waals surface area contributed by atoms with Crippen LogP contribution in [0.3, 0.4) is 0 Å². The van der Waals surface area contributed by atoms with E-state index in [1.54, 1.807) is 6.08 Å². The molecule has 2 unspecified atom stereocenters. The van der Waals surface area contributed by atoms with Crippen LogP contribution in [0.25, 0.3) is 0 Å². The van der Waals surface area contributed by atoms with Gasteiger partial charge in [0.1, 0.15) is 0 Å². The van der Waals surface area contributed by atoms with Gasteiger partial charge in [-0.2, -0.15) is 0 Å². The molecule has 0 aliphatic carbocycles. The predicted molar refractivity (Wildman–Crippen MR) is 349 cm³/mol. The number of nitrogens with one attached hydrogen (secondary N) is 1. The van der Waals surface area contributed by atoms with Gasteiger partial charge in [-0.3, -0.25) is 4.79 Å². The van der Waals surface area contributed by atoms with Crippen molar-refractivity contribution < 1.29 is 15.0 Å². The molecule has 2 atom stereocenters. The van der Waals surface area contributed by atoms with E-state index in [4.69, 9.17) is 0 Å².